The second-order valence-electron chi connectivity index (χ2n) is 4.92. The third-order valence-electron chi connectivity index (χ3n) is 3.24. The van der Waals surface area contributed by atoms with Gasteiger partial charge in [0.25, 0.3) is 5.03 Å². The van der Waals surface area contributed by atoms with Crippen LogP contribution in [0.3, 0.4) is 0 Å². The lowest BCUT2D eigenvalue weighted by Crippen LogP contribution is -2.41. The predicted octanol–water partition coefficient (Wildman–Crippen LogP) is 1.64. The molecule has 2 heterocycles. The van der Waals surface area contributed by atoms with E-state index in [0.717, 1.165) is 9.61 Å². The number of carbonyl (C=O) groups excluding carboxylic acids is 2. The summed E-state index contributed by atoms with van der Waals surface area (Å²) in [7, 11) is 0. The maximum absolute atomic E-state index is 12.2. The molecular weight excluding hydrogens is 346 g/mol. The van der Waals surface area contributed by atoms with Crippen molar-refractivity contribution in [3.05, 3.63) is 52.0 Å². The van der Waals surface area contributed by atoms with Crippen LogP contribution in [0.1, 0.15) is 11.8 Å². The SMILES string of the molecule is CCN(CC(=O)NCc1cccs1)C(=O)CSc1cccc[n+]1[O-]. The number of nitrogens with zero attached hydrogens (tertiary/aromatic N) is 2. The van der Waals surface area contributed by atoms with Crippen molar-refractivity contribution in [2.75, 3.05) is 18.8 Å². The summed E-state index contributed by atoms with van der Waals surface area (Å²) in [6.07, 6.45) is 1.39. The Morgan fingerprint density at radius 3 is 2.83 bits per heavy atom. The molecule has 128 valence electrons. The fraction of sp³-hybridized carbons (Fsp3) is 0.312. The van der Waals surface area contributed by atoms with Crippen LogP contribution in [0, 0.1) is 5.21 Å². The van der Waals surface area contributed by atoms with Gasteiger partial charge >= 0.3 is 0 Å². The first-order valence-corrected chi connectivity index (χ1v) is 9.34. The standard InChI is InChI=1S/C16H19N3O3S2/c1-2-18(11-14(20)17-10-13-6-5-9-23-13)15(21)12-24-16-7-3-4-8-19(16)22/h3-9H,2,10-12H2,1H3,(H,17,20). The number of rotatable bonds is 8. The number of hydrogen-bond donors (Lipinski definition) is 1. The number of thiophene rings is 1. The summed E-state index contributed by atoms with van der Waals surface area (Å²) >= 11 is 2.74. The van der Waals surface area contributed by atoms with Gasteiger partial charge in [-0.25, -0.2) is 0 Å². The van der Waals surface area contributed by atoms with Crippen molar-refractivity contribution >= 4 is 34.9 Å². The first kappa shape index (κ1) is 18.3. The van der Waals surface area contributed by atoms with Gasteiger partial charge in [0.2, 0.25) is 11.8 Å². The summed E-state index contributed by atoms with van der Waals surface area (Å²) in [6.45, 7) is 2.76. The molecule has 2 rings (SSSR count). The smallest absolute Gasteiger partial charge is 0.251 e. The molecule has 2 aromatic rings. The van der Waals surface area contributed by atoms with E-state index in [4.69, 9.17) is 0 Å². The van der Waals surface area contributed by atoms with Gasteiger partial charge in [-0.3, -0.25) is 9.59 Å². The summed E-state index contributed by atoms with van der Waals surface area (Å²) in [6, 6.07) is 8.92. The van der Waals surface area contributed by atoms with Crippen LogP contribution in [0.25, 0.3) is 0 Å². The monoisotopic (exact) mass is 365 g/mol. The minimum Gasteiger partial charge on any atom is -0.618 e. The van der Waals surface area contributed by atoms with Crippen LogP contribution in [-0.2, 0) is 16.1 Å². The van der Waals surface area contributed by atoms with E-state index in [0.29, 0.717) is 18.1 Å². The second kappa shape index (κ2) is 9.29. The Balaban J connectivity index is 1.80. The Morgan fingerprint density at radius 1 is 1.33 bits per heavy atom. The summed E-state index contributed by atoms with van der Waals surface area (Å²) in [5.74, 6) is -0.238. The van der Waals surface area contributed by atoms with Crippen LogP contribution in [0.2, 0.25) is 0 Å². The summed E-state index contributed by atoms with van der Waals surface area (Å²) in [5, 5.41) is 16.8. The molecule has 2 aromatic heterocycles. The number of amides is 2. The first-order valence-electron chi connectivity index (χ1n) is 7.48. The molecule has 0 saturated heterocycles. The number of aromatic nitrogens is 1. The summed E-state index contributed by atoms with van der Waals surface area (Å²) in [4.78, 5) is 26.8. The lowest BCUT2D eigenvalue weighted by atomic mass is 10.4. The largest absolute Gasteiger partial charge is 0.618 e. The third kappa shape index (κ3) is 5.54. The molecule has 0 atom stereocenters. The molecule has 0 aromatic carbocycles. The molecule has 0 radical (unpaired) electrons. The van der Waals surface area contributed by atoms with E-state index in [2.05, 4.69) is 5.32 Å². The van der Waals surface area contributed by atoms with Crippen molar-refractivity contribution in [2.24, 2.45) is 0 Å². The number of nitrogens with one attached hydrogen (secondary N) is 1. The van der Waals surface area contributed by atoms with Crippen molar-refractivity contribution in [3.8, 4) is 0 Å². The predicted molar refractivity (Wildman–Crippen MR) is 94.5 cm³/mol. The fourth-order valence-electron chi connectivity index (χ4n) is 1.96. The Labute approximate surface area is 149 Å². The number of carbonyl (C=O) groups is 2. The van der Waals surface area contributed by atoms with Gasteiger partial charge in [0.05, 0.1) is 18.8 Å². The van der Waals surface area contributed by atoms with Gasteiger partial charge in [0.15, 0.2) is 6.20 Å². The molecule has 0 fully saturated rings. The molecule has 0 aliphatic heterocycles. The van der Waals surface area contributed by atoms with E-state index in [1.807, 2.05) is 24.4 Å². The quantitative estimate of drug-likeness (QED) is 0.438. The third-order valence-corrected chi connectivity index (χ3v) is 5.12. The van der Waals surface area contributed by atoms with Crippen LogP contribution in [0.15, 0.2) is 46.9 Å². The molecule has 0 saturated carbocycles. The molecule has 0 bridgehead atoms. The maximum Gasteiger partial charge on any atom is 0.251 e. The first-order chi connectivity index (χ1) is 11.6. The number of pyridine rings is 1. The molecule has 1 N–H and O–H groups in total. The van der Waals surface area contributed by atoms with Crippen LogP contribution >= 0.6 is 23.1 Å². The van der Waals surface area contributed by atoms with E-state index in [1.54, 1.807) is 29.5 Å². The van der Waals surface area contributed by atoms with Crippen molar-refractivity contribution < 1.29 is 14.3 Å². The van der Waals surface area contributed by atoms with Crippen molar-refractivity contribution in [3.63, 3.8) is 0 Å². The molecule has 8 heteroatoms. The lowest BCUT2D eigenvalue weighted by molar-refractivity contribution is -0.645. The van der Waals surface area contributed by atoms with Crippen molar-refractivity contribution in [1.29, 1.82) is 0 Å². The van der Waals surface area contributed by atoms with Gasteiger partial charge in [-0.2, -0.15) is 4.73 Å². The van der Waals surface area contributed by atoms with Crippen molar-refractivity contribution in [2.45, 2.75) is 18.5 Å². The normalized spacial score (nSPS) is 10.4. The lowest BCUT2D eigenvalue weighted by Gasteiger charge is -2.20. The number of hydrogen-bond acceptors (Lipinski definition) is 5. The Kier molecular flexibility index (Phi) is 7.07. The molecule has 0 unspecified atom stereocenters. The fourth-order valence-corrected chi connectivity index (χ4v) is 3.42. The highest BCUT2D eigenvalue weighted by atomic mass is 32.2. The zero-order valence-corrected chi connectivity index (χ0v) is 14.9. The Bertz CT molecular complexity index is 677. The average molecular weight is 365 g/mol. The molecule has 2 amide bonds. The topological polar surface area (TPSA) is 76.4 Å². The van der Waals surface area contributed by atoms with E-state index in [1.165, 1.54) is 22.9 Å². The maximum atomic E-state index is 12.2. The minimum absolute atomic E-state index is 0.0213. The molecule has 24 heavy (non-hydrogen) atoms. The summed E-state index contributed by atoms with van der Waals surface area (Å²) in [5.41, 5.74) is 0. The van der Waals surface area contributed by atoms with Gasteiger partial charge < -0.3 is 15.4 Å². The molecular formula is C16H19N3O3S2. The van der Waals surface area contributed by atoms with Gasteiger partial charge in [-0.1, -0.05) is 6.07 Å². The Morgan fingerprint density at radius 2 is 2.17 bits per heavy atom. The molecule has 6 nitrogen and oxygen atoms in total. The van der Waals surface area contributed by atoms with Gasteiger partial charge in [0.1, 0.15) is 0 Å². The van der Waals surface area contributed by atoms with E-state index >= 15 is 0 Å². The summed E-state index contributed by atoms with van der Waals surface area (Å²) < 4.78 is 0.724. The van der Waals surface area contributed by atoms with Gasteiger partial charge in [0, 0.05) is 23.6 Å². The second-order valence-corrected chi connectivity index (χ2v) is 6.95. The van der Waals surface area contributed by atoms with E-state index < -0.39 is 0 Å². The van der Waals surface area contributed by atoms with Crippen LogP contribution in [0.5, 0.6) is 0 Å². The number of likely N-dealkylation sites (N-methyl/N-ethyl adjacent to an activating group) is 1. The van der Waals surface area contributed by atoms with Gasteiger partial charge in [-0.15, -0.1) is 11.3 Å². The highest BCUT2D eigenvalue weighted by Gasteiger charge is 2.17. The van der Waals surface area contributed by atoms with E-state index in [-0.39, 0.29) is 24.1 Å². The van der Waals surface area contributed by atoms with Crippen LogP contribution < -0.4 is 10.0 Å². The molecule has 0 aliphatic rings. The highest BCUT2D eigenvalue weighted by molar-refractivity contribution is 7.99. The van der Waals surface area contributed by atoms with Crippen LogP contribution in [0.4, 0.5) is 0 Å². The van der Waals surface area contributed by atoms with Crippen molar-refractivity contribution in [1.82, 2.24) is 10.2 Å². The number of thioether (sulfide) groups is 1. The van der Waals surface area contributed by atoms with E-state index in [9.17, 15) is 14.8 Å². The zero-order chi connectivity index (χ0) is 17.4. The van der Waals surface area contributed by atoms with Crippen LogP contribution in [-0.4, -0.2) is 35.6 Å². The minimum atomic E-state index is -0.192. The highest BCUT2D eigenvalue weighted by Crippen LogP contribution is 2.13. The average Bonchev–Trinajstić information content (AvgIpc) is 3.10. The Hall–Kier alpha value is -2.06. The molecule has 0 aliphatic carbocycles. The van der Waals surface area contributed by atoms with Gasteiger partial charge in [-0.05, 0) is 36.2 Å². The molecule has 0 spiro atoms. The zero-order valence-electron chi connectivity index (χ0n) is 13.3.